The minimum atomic E-state index is -2.27. The van der Waals surface area contributed by atoms with Gasteiger partial charge in [0.15, 0.2) is 11.4 Å². The van der Waals surface area contributed by atoms with Crippen LogP contribution in [-0.2, 0) is 9.59 Å². The van der Waals surface area contributed by atoms with E-state index in [0.717, 1.165) is 11.1 Å². The number of hydrogen-bond acceptors (Lipinski definition) is 5. The van der Waals surface area contributed by atoms with Gasteiger partial charge in [-0.1, -0.05) is 28.9 Å². The number of rotatable bonds is 6. The van der Waals surface area contributed by atoms with Crippen LogP contribution >= 0.6 is 0 Å². The number of ketones is 2. The van der Waals surface area contributed by atoms with Crippen molar-refractivity contribution in [3.8, 4) is 0 Å². The summed E-state index contributed by atoms with van der Waals surface area (Å²) in [7, 11) is 0. The number of Topliss-reactive ketones (excluding diaryl/α,β-unsaturated/α-hetero) is 1. The van der Waals surface area contributed by atoms with Crippen molar-refractivity contribution >= 4 is 11.6 Å². The second-order valence-electron chi connectivity index (χ2n) is 7.30. The first-order valence-electron chi connectivity index (χ1n) is 8.51. The number of allylic oxidation sites excluding steroid dienone is 6. The third-order valence-corrected chi connectivity index (χ3v) is 3.99. The highest BCUT2D eigenvalue weighted by Crippen LogP contribution is 2.37. The van der Waals surface area contributed by atoms with Gasteiger partial charge in [-0.15, -0.1) is 0 Å². The molecule has 0 bridgehead atoms. The Balaban J connectivity index is 3.65. The molecule has 0 spiro atoms. The van der Waals surface area contributed by atoms with Crippen LogP contribution in [0.1, 0.15) is 54.4 Å². The maximum atomic E-state index is 12.8. The number of aliphatic hydroxyl groups excluding tert-OH is 2. The molecule has 26 heavy (non-hydrogen) atoms. The largest absolute Gasteiger partial charge is 0.508 e. The summed E-state index contributed by atoms with van der Waals surface area (Å²) in [6, 6.07) is 0. The molecule has 1 atom stereocenters. The van der Waals surface area contributed by atoms with Gasteiger partial charge in [0.05, 0.1) is 0 Å². The van der Waals surface area contributed by atoms with E-state index >= 15 is 0 Å². The van der Waals surface area contributed by atoms with E-state index in [1.165, 1.54) is 6.08 Å². The van der Waals surface area contributed by atoms with E-state index < -0.39 is 34.3 Å². The molecule has 5 nitrogen and oxygen atoms in total. The van der Waals surface area contributed by atoms with E-state index in [0.29, 0.717) is 5.57 Å². The van der Waals surface area contributed by atoms with Crippen molar-refractivity contribution in [3.05, 3.63) is 57.6 Å². The third kappa shape index (κ3) is 4.61. The predicted octanol–water partition coefficient (Wildman–Crippen LogP) is 4.17. The summed E-state index contributed by atoms with van der Waals surface area (Å²) < 4.78 is 0. The van der Waals surface area contributed by atoms with Crippen LogP contribution in [0.25, 0.3) is 0 Å². The lowest BCUT2D eigenvalue weighted by Gasteiger charge is -2.31. The predicted molar refractivity (Wildman–Crippen MR) is 102 cm³/mol. The molecule has 0 heterocycles. The molecule has 0 fully saturated rings. The number of aliphatic hydroxyl groups is 3. The average Bonchev–Trinajstić information content (AvgIpc) is 2.50. The topological polar surface area (TPSA) is 94.8 Å². The summed E-state index contributed by atoms with van der Waals surface area (Å²) in [6.07, 6.45) is 4.48. The molecule has 1 aliphatic rings. The van der Waals surface area contributed by atoms with Gasteiger partial charge < -0.3 is 15.3 Å². The Kier molecular flexibility index (Phi) is 6.93. The van der Waals surface area contributed by atoms with Gasteiger partial charge in [0, 0.05) is 12.0 Å². The number of hydrogen-bond donors (Lipinski definition) is 3. The van der Waals surface area contributed by atoms with Crippen molar-refractivity contribution in [2.45, 2.75) is 60.0 Å². The van der Waals surface area contributed by atoms with Crippen LogP contribution in [0.4, 0.5) is 0 Å². The molecule has 0 saturated carbocycles. The van der Waals surface area contributed by atoms with Gasteiger partial charge in [0.1, 0.15) is 17.1 Å². The van der Waals surface area contributed by atoms with Gasteiger partial charge in [-0.3, -0.25) is 9.59 Å². The molecule has 1 rings (SSSR count). The van der Waals surface area contributed by atoms with Crippen LogP contribution in [-0.4, -0.2) is 32.5 Å². The Morgan fingerprint density at radius 1 is 0.962 bits per heavy atom. The monoisotopic (exact) mass is 360 g/mol. The van der Waals surface area contributed by atoms with Gasteiger partial charge in [0.2, 0.25) is 5.78 Å². The highest BCUT2D eigenvalue weighted by Gasteiger charge is 2.49. The Labute approximate surface area is 154 Å². The summed E-state index contributed by atoms with van der Waals surface area (Å²) in [5.74, 6) is -2.86. The molecule has 5 heteroatoms. The van der Waals surface area contributed by atoms with E-state index in [1.54, 1.807) is 39.8 Å². The third-order valence-electron chi connectivity index (χ3n) is 3.99. The quantitative estimate of drug-likeness (QED) is 0.375. The number of carbonyl (C=O) groups is 2. The van der Waals surface area contributed by atoms with E-state index in [-0.39, 0.29) is 18.4 Å². The second-order valence-corrected chi connectivity index (χ2v) is 7.30. The standard InChI is InChI=1S/C21H28O5/c1-12(2)7-8-15-18(23)17(16(22)11-14(5)6)20(25)21(26,19(15)24)10-9-13(3)4/h7,9,11,23-24,26H,8,10H2,1-6H3. The molecule has 0 aromatic carbocycles. The minimum absolute atomic E-state index is 0.0130. The van der Waals surface area contributed by atoms with E-state index in [4.69, 9.17) is 0 Å². The molecule has 0 aromatic rings. The van der Waals surface area contributed by atoms with E-state index in [2.05, 4.69) is 0 Å². The smallest absolute Gasteiger partial charge is 0.210 e. The lowest BCUT2D eigenvalue weighted by atomic mass is 9.77. The Morgan fingerprint density at radius 2 is 1.50 bits per heavy atom. The fourth-order valence-electron chi connectivity index (χ4n) is 2.54. The lowest BCUT2D eigenvalue weighted by Crippen LogP contribution is -2.46. The molecular formula is C21H28O5. The van der Waals surface area contributed by atoms with Crippen LogP contribution in [0.2, 0.25) is 0 Å². The number of carbonyl (C=O) groups excluding carboxylic acids is 2. The van der Waals surface area contributed by atoms with Crippen LogP contribution in [0.5, 0.6) is 0 Å². The molecule has 142 valence electrons. The Hall–Kier alpha value is -2.40. The first-order chi connectivity index (χ1) is 11.9. The summed E-state index contributed by atoms with van der Waals surface area (Å²) >= 11 is 0. The first kappa shape index (κ1) is 21.6. The molecular weight excluding hydrogens is 332 g/mol. The SMILES string of the molecule is CC(C)=CCC1=C(O)C(O)(CC=C(C)C)C(=O)C(C(=O)C=C(C)C)=C1O. The van der Waals surface area contributed by atoms with E-state index in [9.17, 15) is 24.9 Å². The van der Waals surface area contributed by atoms with Gasteiger partial charge >= 0.3 is 0 Å². The minimum Gasteiger partial charge on any atom is -0.508 e. The highest BCUT2D eigenvalue weighted by molar-refractivity contribution is 6.28. The first-order valence-corrected chi connectivity index (χ1v) is 8.51. The van der Waals surface area contributed by atoms with Crippen molar-refractivity contribution in [2.24, 2.45) is 0 Å². The molecule has 0 saturated heterocycles. The normalized spacial score (nSPS) is 20.0. The zero-order chi connectivity index (χ0) is 20.2. The molecule has 0 amide bonds. The molecule has 3 N–H and O–H groups in total. The zero-order valence-corrected chi connectivity index (χ0v) is 16.3. The summed E-state index contributed by atoms with van der Waals surface area (Å²) in [5, 5.41) is 32.0. The summed E-state index contributed by atoms with van der Waals surface area (Å²) in [5.41, 5.74) is -0.345. The van der Waals surface area contributed by atoms with Gasteiger partial charge in [0.25, 0.3) is 0 Å². The highest BCUT2D eigenvalue weighted by atomic mass is 16.3. The van der Waals surface area contributed by atoms with Crippen LogP contribution in [0, 0.1) is 0 Å². The molecule has 0 aromatic heterocycles. The molecule has 0 aliphatic heterocycles. The maximum absolute atomic E-state index is 12.8. The molecule has 1 unspecified atom stereocenters. The average molecular weight is 360 g/mol. The maximum Gasteiger partial charge on any atom is 0.210 e. The fourth-order valence-corrected chi connectivity index (χ4v) is 2.54. The molecule has 1 aliphatic carbocycles. The summed E-state index contributed by atoms with van der Waals surface area (Å²) in [6.45, 7) is 10.7. The van der Waals surface area contributed by atoms with Crippen molar-refractivity contribution in [1.29, 1.82) is 0 Å². The van der Waals surface area contributed by atoms with Crippen molar-refractivity contribution in [1.82, 2.24) is 0 Å². The van der Waals surface area contributed by atoms with Gasteiger partial charge in [-0.2, -0.15) is 0 Å². The Bertz CT molecular complexity index is 762. The lowest BCUT2D eigenvalue weighted by molar-refractivity contribution is -0.134. The van der Waals surface area contributed by atoms with E-state index in [1.807, 2.05) is 13.8 Å². The van der Waals surface area contributed by atoms with Crippen LogP contribution in [0.3, 0.4) is 0 Å². The van der Waals surface area contributed by atoms with Crippen molar-refractivity contribution in [2.75, 3.05) is 0 Å². The van der Waals surface area contributed by atoms with Crippen molar-refractivity contribution in [3.63, 3.8) is 0 Å². The van der Waals surface area contributed by atoms with Crippen LogP contribution in [0.15, 0.2) is 57.6 Å². The second kappa shape index (κ2) is 8.32. The zero-order valence-electron chi connectivity index (χ0n) is 16.3. The van der Waals surface area contributed by atoms with Gasteiger partial charge in [-0.05, 0) is 54.0 Å². The van der Waals surface area contributed by atoms with Crippen molar-refractivity contribution < 1.29 is 24.9 Å². The molecule has 0 radical (unpaired) electrons. The van der Waals surface area contributed by atoms with Crippen LogP contribution < -0.4 is 0 Å². The van der Waals surface area contributed by atoms with Gasteiger partial charge in [-0.25, -0.2) is 0 Å². The summed E-state index contributed by atoms with van der Waals surface area (Å²) in [4.78, 5) is 25.3. The fraction of sp³-hybridized carbons (Fsp3) is 0.429. The Morgan fingerprint density at radius 3 is 1.96 bits per heavy atom.